The predicted molar refractivity (Wildman–Crippen MR) is 243 cm³/mol. The monoisotopic (exact) mass is 897 g/mol. The van der Waals surface area contributed by atoms with Crippen LogP contribution in [0, 0.1) is 41.4 Å². The van der Waals surface area contributed by atoms with E-state index in [0.717, 1.165) is 12.0 Å². The second-order valence-corrected chi connectivity index (χ2v) is 20.6. The fraction of sp³-hybridized carbons (Fsp3) is 0.784. The van der Waals surface area contributed by atoms with Gasteiger partial charge in [-0.15, -0.1) is 0 Å². The average molecular weight is 897 g/mol. The van der Waals surface area contributed by atoms with Crippen molar-refractivity contribution in [2.75, 3.05) is 6.54 Å². The largest absolute Gasteiger partial charge is 0.481 e. The topological polar surface area (TPSA) is 182 Å². The second-order valence-electron chi connectivity index (χ2n) is 20.6. The number of aliphatic hydroxyl groups excluding tert-OH is 1. The number of Topliss-reactive ketones (excluding diaryl/α,β-unsaturated/α-hetero) is 1. The minimum absolute atomic E-state index is 0.0239. The summed E-state index contributed by atoms with van der Waals surface area (Å²) in [4.78, 5) is 40.4. The molecule has 13 nitrogen and oxygen atoms in total. The van der Waals surface area contributed by atoms with E-state index in [-0.39, 0.29) is 35.7 Å². The standard InChI is InChI=1S/C51H80N2O11/c1-11-37(46(56)57)39-20-19-30(4)44(61-39)34(8)42(54)33(7)43(55)38(12-2)45-31(5)29-32(6)50(62-45)25-21-40(53-47(58)52-28-23-36-17-15-14-16-18-36)51(64-50)27-26-48(10,63-51)41-22-24-49(59,13-3)35(9)60-41/h14-18,21,25,30-35,37-42,44-45,54,59H,11-13,19-20,22-24,26-29H2,1-10H3,(H,56,57)(H2,52,53,58)/t30-,31-,32+,33-,34-,35-,37?,38-,39+,40+,41+,42+,44+,45-,48-,49+,50-,51-/m0/s1. The number of carboxylic acid groups (broad SMARTS) is 1. The van der Waals surface area contributed by atoms with Gasteiger partial charge in [0.1, 0.15) is 11.8 Å². The molecule has 360 valence electrons. The fourth-order valence-electron chi connectivity index (χ4n) is 11.8. The maximum Gasteiger partial charge on any atom is 0.315 e. The van der Waals surface area contributed by atoms with E-state index < -0.39 is 89.0 Å². The van der Waals surface area contributed by atoms with Gasteiger partial charge in [0.15, 0.2) is 11.6 Å². The molecule has 64 heavy (non-hydrogen) atoms. The molecule has 1 aromatic rings. The van der Waals surface area contributed by atoms with E-state index in [0.29, 0.717) is 70.8 Å². The van der Waals surface area contributed by atoms with Crippen molar-refractivity contribution in [3.05, 3.63) is 48.0 Å². The first kappa shape index (κ1) is 50.5. The summed E-state index contributed by atoms with van der Waals surface area (Å²) in [5.74, 6) is -6.04. The van der Waals surface area contributed by atoms with Crippen LogP contribution < -0.4 is 10.6 Å². The van der Waals surface area contributed by atoms with E-state index in [2.05, 4.69) is 31.4 Å². The summed E-state index contributed by atoms with van der Waals surface area (Å²) < 4.78 is 34.7. The molecule has 5 N–H and O–H groups in total. The molecule has 6 rings (SSSR count). The Morgan fingerprint density at radius 2 is 1.58 bits per heavy atom. The van der Waals surface area contributed by atoms with Crippen LogP contribution in [-0.4, -0.2) is 105 Å². The van der Waals surface area contributed by atoms with Crippen LogP contribution in [0.25, 0.3) is 0 Å². The number of carbonyl (C=O) groups is 3. The number of ether oxygens (including phenoxy) is 5. The average Bonchev–Trinajstić information content (AvgIpc) is 3.61. The number of aliphatic hydroxyl groups is 2. The van der Waals surface area contributed by atoms with Crippen molar-refractivity contribution in [1.82, 2.24) is 10.6 Å². The summed E-state index contributed by atoms with van der Waals surface area (Å²) in [5, 5.41) is 39.2. The first-order chi connectivity index (χ1) is 30.3. The van der Waals surface area contributed by atoms with Crippen LogP contribution in [-0.2, 0) is 39.7 Å². The first-order valence-corrected chi connectivity index (χ1v) is 24.6. The Morgan fingerprint density at radius 3 is 2.22 bits per heavy atom. The van der Waals surface area contributed by atoms with Crippen LogP contribution >= 0.6 is 0 Å². The molecule has 2 spiro atoms. The van der Waals surface area contributed by atoms with E-state index in [1.54, 1.807) is 6.92 Å². The lowest BCUT2D eigenvalue weighted by molar-refractivity contribution is -0.397. The number of carboxylic acids is 1. The molecule has 1 unspecified atom stereocenters. The van der Waals surface area contributed by atoms with Crippen molar-refractivity contribution in [1.29, 1.82) is 0 Å². The molecule has 4 saturated heterocycles. The summed E-state index contributed by atoms with van der Waals surface area (Å²) in [6.07, 6.45) is 7.18. The Labute approximate surface area is 382 Å². The third kappa shape index (κ3) is 10.3. The van der Waals surface area contributed by atoms with Gasteiger partial charge < -0.3 is 49.6 Å². The van der Waals surface area contributed by atoms with Gasteiger partial charge in [-0.25, -0.2) is 4.79 Å². The maximum atomic E-state index is 14.7. The summed E-state index contributed by atoms with van der Waals surface area (Å²) in [6, 6.07) is 8.94. The van der Waals surface area contributed by atoms with Crippen molar-refractivity contribution in [2.45, 2.75) is 205 Å². The number of rotatable bonds is 16. The summed E-state index contributed by atoms with van der Waals surface area (Å²) in [5.41, 5.74) is -0.605. The Hall–Kier alpha value is -2.91. The molecular weight excluding hydrogens is 817 g/mol. The number of hydrogen-bond acceptors (Lipinski definition) is 10. The Kier molecular flexibility index (Phi) is 16.2. The SMILES string of the molecule is CCC(C(=O)O)[C@H]1CC[C@H](C)[C@H]([C@@H](C)[C@H](O)[C@H](C)C(=O)[C@H](CC)[C@H]2O[C@]3(C=C[C@@H](NC(=O)NCCc4ccccc4)[C@]4(CC[C@@](C)([C@H]5CC[C@](O)(CC)[C@H](C)O5)O4)O3)[C@H](C)C[C@@H]2C)O1. The number of nitrogens with one attached hydrogen (secondary N) is 2. The van der Waals surface area contributed by atoms with Gasteiger partial charge in [0.25, 0.3) is 0 Å². The Bertz CT molecular complexity index is 1780. The van der Waals surface area contributed by atoms with Crippen LogP contribution in [0.15, 0.2) is 42.5 Å². The van der Waals surface area contributed by atoms with Crippen LogP contribution in [0.2, 0.25) is 0 Å². The lowest BCUT2D eigenvalue weighted by Gasteiger charge is -2.55. The minimum Gasteiger partial charge on any atom is -0.481 e. The summed E-state index contributed by atoms with van der Waals surface area (Å²) in [6.45, 7) is 20.1. The van der Waals surface area contributed by atoms with Gasteiger partial charge in [0.05, 0.1) is 53.7 Å². The zero-order chi connectivity index (χ0) is 46.8. The molecule has 0 aromatic heterocycles. The first-order valence-electron chi connectivity index (χ1n) is 24.6. The third-order valence-corrected chi connectivity index (χ3v) is 16.3. The molecule has 5 aliphatic rings. The molecule has 18 atom stereocenters. The zero-order valence-corrected chi connectivity index (χ0v) is 40.2. The molecule has 0 bridgehead atoms. The van der Waals surface area contributed by atoms with Gasteiger partial charge >= 0.3 is 12.0 Å². The van der Waals surface area contributed by atoms with E-state index in [1.165, 1.54) is 0 Å². The number of aliphatic carboxylic acids is 1. The molecule has 1 aromatic carbocycles. The van der Waals surface area contributed by atoms with Crippen LogP contribution in [0.3, 0.4) is 0 Å². The molecule has 5 heterocycles. The number of carbonyl (C=O) groups excluding carboxylic acids is 2. The normalized spacial score (nSPS) is 40.0. The third-order valence-electron chi connectivity index (χ3n) is 16.3. The molecule has 13 heteroatoms. The van der Waals surface area contributed by atoms with E-state index in [9.17, 15) is 29.7 Å². The van der Waals surface area contributed by atoms with Crippen molar-refractivity contribution < 1.29 is 53.4 Å². The lowest BCUT2D eigenvalue weighted by Crippen LogP contribution is -2.66. The minimum atomic E-state index is -1.35. The number of hydrogen-bond donors (Lipinski definition) is 5. The highest BCUT2D eigenvalue weighted by atomic mass is 16.8. The quantitative estimate of drug-likeness (QED) is 0.102. The number of ketones is 1. The van der Waals surface area contributed by atoms with Crippen LogP contribution in [0.4, 0.5) is 4.79 Å². The van der Waals surface area contributed by atoms with Crippen molar-refractivity contribution in [3.8, 4) is 0 Å². The van der Waals surface area contributed by atoms with E-state index in [1.807, 2.05) is 84.0 Å². The Morgan fingerprint density at radius 1 is 0.875 bits per heavy atom. The highest BCUT2D eigenvalue weighted by molar-refractivity contribution is 5.84. The van der Waals surface area contributed by atoms with E-state index >= 15 is 0 Å². The van der Waals surface area contributed by atoms with Gasteiger partial charge in [-0.3, -0.25) is 9.59 Å². The van der Waals surface area contributed by atoms with E-state index in [4.69, 9.17) is 23.7 Å². The Balaban J connectivity index is 1.22. The number of urea groups is 1. The molecular formula is C51H80N2O11. The number of amides is 2. The van der Waals surface area contributed by atoms with Gasteiger partial charge in [0, 0.05) is 36.6 Å². The van der Waals surface area contributed by atoms with Crippen molar-refractivity contribution >= 4 is 17.8 Å². The highest BCUT2D eigenvalue weighted by Gasteiger charge is 2.63. The van der Waals surface area contributed by atoms with Gasteiger partial charge in [-0.1, -0.05) is 91.8 Å². The molecule has 5 aliphatic heterocycles. The molecule has 0 radical (unpaired) electrons. The molecule has 4 fully saturated rings. The van der Waals surface area contributed by atoms with Crippen LogP contribution in [0.1, 0.15) is 139 Å². The molecule has 0 aliphatic carbocycles. The lowest BCUT2D eigenvalue weighted by atomic mass is 9.72. The van der Waals surface area contributed by atoms with Crippen molar-refractivity contribution in [2.24, 2.45) is 41.4 Å². The maximum absolute atomic E-state index is 14.7. The number of benzene rings is 1. The van der Waals surface area contributed by atoms with Crippen molar-refractivity contribution in [3.63, 3.8) is 0 Å². The summed E-state index contributed by atoms with van der Waals surface area (Å²) in [7, 11) is 0. The molecule has 2 amide bonds. The zero-order valence-electron chi connectivity index (χ0n) is 40.2. The molecule has 0 saturated carbocycles. The van der Waals surface area contributed by atoms with Gasteiger partial charge in [-0.05, 0) is 102 Å². The van der Waals surface area contributed by atoms with Gasteiger partial charge in [-0.2, -0.15) is 0 Å². The van der Waals surface area contributed by atoms with Crippen LogP contribution in [0.5, 0.6) is 0 Å². The highest BCUT2D eigenvalue weighted by Crippen LogP contribution is 2.54. The van der Waals surface area contributed by atoms with Gasteiger partial charge in [0.2, 0.25) is 0 Å². The summed E-state index contributed by atoms with van der Waals surface area (Å²) >= 11 is 0. The predicted octanol–water partition coefficient (Wildman–Crippen LogP) is 7.74. The second kappa shape index (κ2) is 20.5. The fourth-order valence-corrected chi connectivity index (χ4v) is 11.8. The smallest absolute Gasteiger partial charge is 0.315 e.